The third-order valence-corrected chi connectivity index (χ3v) is 6.66. The van der Waals surface area contributed by atoms with E-state index in [1.807, 2.05) is 31.2 Å². The minimum Gasteiger partial charge on any atom is -0.492 e. The molecule has 0 fully saturated rings. The number of ether oxygens (including phenoxy) is 1. The van der Waals surface area contributed by atoms with Crippen LogP contribution in [-0.4, -0.2) is 34.5 Å². The van der Waals surface area contributed by atoms with Gasteiger partial charge in [0.2, 0.25) is 0 Å². The fraction of sp³-hybridized carbons (Fsp3) is 0.174. The highest BCUT2D eigenvalue weighted by molar-refractivity contribution is 7.92. The fourth-order valence-electron chi connectivity index (χ4n) is 2.87. The highest BCUT2D eigenvalue weighted by Crippen LogP contribution is 2.23. The van der Waals surface area contributed by atoms with Crippen LogP contribution < -0.4 is 14.4 Å². The molecule has 3 aromatic carbocycles. The molecule has 3 rings (SSSR count). The molecule has 0 unspecified atom stereocenters. The van der Waals surface area contributed by atoms with Crippen LogP contribution in [0.3, 0.4) is 0 Å². The van der Waals surface area contributed by atoms with Gasteiger partial charge in [0.25, 0.3) is 15.9 Å². The lowest BCUT2D eigenvalue weighted by Gasteiger charge is -2.19. The van der Waals surface area contributed by atoms with Gasteiger partial charge in [0.1, 0.15) is 12.4 Å². The average molecular weight is 459 g/mol. The van der Waals surface area contributed by atoms with Crippen molar-refractivity contribution in [1.29, 1.82) is 0 Å². The highest BCUT2D eigenvalue weighted by Gasteiger charge is 2.21. The molecular weight excluding hydrogens is 436 g/mol. The predicted molar refractivity (Wildman–Crippen MR) is 122 cm³/mol. The molecule has 0 aliphatic heterocycles. The van der Waals surface area contributed by atoms with E-state index in [-0.39, 0.29) is 10.8 Å². The summed E-state index contributed by atoms with van der Waals surface area (Å²) in [6.07, 6.45) is 0. The Labute approximate surface area is 187 Å². The molecule has 0 bridgehead atoms. The van der Waals surface area contributed by atoms with Gasteiger partial charge in [-0.1, -0.05) is 23.7 Å². The van der Waals surface area contributed by atoms with E-state index in [0.717, 1.165) is 15.6 Å². The number of aryl methyl sites for hydroxylation is 1. The van der Waals surface area contributed by atoms with Crippen LogP contribution in [0.25, 0.3) is 0 Å². The molecule has 0 aliphatic rings. The number of hydrogen-bond acceptors (Lipinski definition) is 4. The molecule has 0 spiro atoms. The Balaban J connectivity index is 1.57. The molecule has 0 heterocycles. The number of carbonyl (C=O) groups excluding carboxylic acids is 1. The number of benzene rings is 3. The fourth-order valence-corrected chi connectivity index (χ4v) is 4.19. The lowest BCUT2D eigenvalue weighted by atomic mass is 10.2. The normalized spacial score (nSPS) is 11.1. The Bertz CT molecular complexity index is 1150. The van der Waals surface area contributed by atoms with E-state index in [0.29, 0.717) is 29.4 Å². The van der Waals surface area contributed by atoms with Gasteiger partial charge in [0, 0.05) is 17.6 Å². The first-order chi connectivity index (χ1) is 14.8. The number of carbonyl (C=O) groups is 1. The second kappa shape index (κ2) is 9.85. The van der Waals surface area contributed by atoms with Gasteiger partial charge in [0.15, 0.2) is 0 Å². The molecule has 0 atom stereocenters. The van der Waals surface area contributed by atoms with Crippen LogP contribution in [0.15, 0.2) is 77.7 Å². The second-order valence-electron chi connectivity index (χ2n) is 6.89. The summed E-state index contributed by atoms with van der Waals surface area (Å²) in [5.74, 6) is 0.492. The average Bonchev–Trinajstić information content (AvgIpc) is 2.76. The van der Waals surface area contributed by atoms with Crippen LogP contribution >= 0.6 is 11.6 Å². The Morgan fingerprint density at radius 1 is 1.03 bits per heavy atom. The van der Waals surface area contributed by atoms with Crippen LogP contribution in [0.1, 0.15) is 15.9 Å². The van der Waals surface area contributed by atoms with Gasteiger partial charge < -0.3 is 10.1 Å². The first-order valence-electron chi connectivity index (χ1n) is 9.59. The number of nitrogens with zero attached hydrogens (tertiary/aromatic N) is 1. The van der Waals surface area contributed by atoms with Gasteiger partial charge in [0.05, 0.1) is 17.1 Å². The zero-order chi connectivity index (χ0) is 22.4. The Morgan fingerprint density at radius 2 is 1.71 bits per heavy atom. The zero-order valence-corrected chi connectivity index (χ0v) is 18.8. The summed E-state index contributed by atoms with van der Waals surface area (Å²) >= 11 is 5.83. The lowest BCUT2D eigenvalue weighted by molar-refractivity contribution is 0.0947. The molecule has 1 amide bonds. The van der Waals surface area contributed by atoms with E-state index in [2.05, 4.69) is 5.32 Å². The number of anilines is 1. The van der Waals surface area contributed by atoms with Crippen LogP contribution in [-0.2, 0) is 10.0 Å². The van der Waals surface area contributed by atoms with E-state index < -0.39 is 10.0 Å². The van der Waals surface area contributed by atoms with Gasteiger partial charge in [-0.25, -0.2) is 8.42 Å². The van der Waals surface area contributed by atoms with Gasteiger partial charge in [-0.3, -0.25) is 9.10 Å². The molecule has 0 radical (unpaired) electrons. The maximum Gasteiger partial charge on any atom is 0.264 e. The number of nitrogens with one attached hydrogen (secondary N) is 1. The smallest absolute Gasteiger partial charge is 0.264 e. The van der Waals surface area contributed by atoms with Gasteiger partial charge in [-0.15, -0.1) is 0 Å². The summed E-state index contributed by atoms with van der Waals surface area (Å²) < 4.78 is 32.3. The van der Waals surface area contributed by atoms with Gasteiger partial charge in [-0.05, 0) is 73.2 Å². The van der Waals surface area contributed by atoms with Crippen molar-refractivity contribution >= 4 is 33.2 Å². The summed E-state index contributed by atoms with van der Waals surface area (Å²) in [7, 11) is -2.27. The Morgan fingerprint density at radius 3 is 2.35 bits per heavy atom. The van der Waals surface area contributed by atoms with Crippen LogP contribution in [0.5, 0.6) is 5.75 Å². The standard InChI is InChI=1S/C23H23ClN2O4S/c1-17-4-3-5-21(16-17)30-15-14-25-23(27)18-6-10-20(11-7-18)26(2)31(28,29)22-12-8-19(24)9-13-22/h3-13,16H,14-15H2,1-2H3,(H,25,27). The molecule has 1 N–H and O–H groups in total. The molecule has 31 heavy (non-hydrogen) atoms. The van der Waals surface area contributed by atoms with E-state index >= 15 is 0 Å². The maximum absolute atomic E-state index is 12.8. The second-order valence-corrected chi connectivity index (χ2v) is 9.30. The number of rotatable bonds is 8. The third-order valence-electron chi connectivity index (χ3n) is 4.61. The largest absolute Gasteiger partial charge is 0.492 e. The van der Waals surface area contributed by atoms with Crippen LogP contribution in [0.4, 0.5) is 5.69 Å². The summed E-state index contributed by atoms with van der Waals surface area (Å²) in [4.78, 5) is 12.5. The number of sulfonamides is 1. The van der Waals surface area contributed by atoms with Crippen LogP contribution in [0, 0.1) is 6.92 Å². The zero-order valence-electron chi connectivity index (χ0n) is 17.2. The number of halogens is 1. The first kappa shape index (κ1) is 22.7. The molecule has 162 valence electrons. The van der Waals surface area contributed by atoms with Gasteiger partial charge in [-0.2, -0.15) is 0 Å². The summed E-state index contributed by atoms with van der Waals surface area (Å²) in [5.41, 5.74) is 1.97. The molecule has 0 saturated heterocycles. The SMILES string of the molecule is Cc1cccc(OCCNC(=O)c2ccc(N(C)S(=O)(=O)c3ccc(Cl)cc3)cc2)c1. The third kappa shape index (κ3) is 5.77. The maximum atomic E-state index is 12.8. The van der Waals surface area contributed by atoms with E-state index in [1.54, 1.807) is 24.3 Å². The molecule has 8 heteroatoms. The van der Waals surface area contributed by atoms with Crippen molar-refractivity contribution in [3.05, 3.63) is 88.9 Å². The molecular formula is C23H23ClN2O4S. The monoisotopic (exact) mass is 458 g/mol. The topological polar surface area (TPSA) is 75.7 Å². The van der Waals surface area contributed by atoms with Crippen molar-refractivity contribution < 1.29 is 17.9 Å². The molecule has 0 saturated carbocycles. The molecule has 6 nitrogen and oxygen atoms in total. The van der Waals surface area contributed by atoms with E-state index in [4.69, 9.17) is 16.3 Å². The van der Waals surface area contributed by atoms with Crippen molar-refractivity contribution in [3.63, 3.8) is 0 Å². The van der Waals surface area contributed by atoms with Crippen molar-refractivity contribution in [2.75, 3.05) is 24.5 Å². The number of amides is 1. The number of hydrogen-bond donors (Lipinski definition) is 1. The van der Waals surface area contributed by atoms with Crippen LogP contribution in [0.2, 0.25) is 5.02 Å². The summed E-state index contributed by atoms with van der Waals surface area (Å²) in [6.45, 7) is 2.67. The summed E-state index contributed by atoms with van der Waals surface area (Å²) in [6, 6.07) is 20.0. The van der Waals surface area contributed by atoms with Crippen molar-refractivity contribution in [2.45, 2.75) is 11.8 Å². The minimum absolute atomic E-state index is 0.134. The Hall–Kier alpha value is -3.03. The molecule has 0 aromatic heterocycles. The molecule has 0 aliphatic carbocycles. The van der Waals surface area contributed by atoms with Gasteiger partial charge >= 0.3 is 0 Å². The minimum atomic E-state index is -3.73. The highest BCUT2D eigenvalue weighted by atomic mass is 35.5. The first-order valence-corrected chi connectivity index (χ1v) is 11.4. The van der Waals surface area contributed by atoms with E-state index in [9.17, 15) is 13.2 Å². The van der Waals surface area contributed by atoms with Crippen molar-refractivity contribution in [2.24, 2.45) is 0 Å². The van der Waals surface area contributed by atoms with Crippen molar-refractivity contribution in [3.8, 4) is 5.75 Å². The predicted octanol–water partition coefficient (Wildman–Crippen LogP) is 4.28. The van der Waals surface area contributed by atoms with Crippen molar-refractivity contribution in [1.82, 2.24) is 5.32 Å². The van der Waals surface area contributed by atoms with E-state index in [1.165, 1.54) is 31.3 Å². The molecule has 3 aromatic rings. The summed E-state index contributed by atoms with van der Waals surface area (Å²) in [5, 5.41) is 3.25. The quantitative estimate of drug-likeness (QED) is 0.511. The lowest BCUT2D eigenvalue weighted by Crippen LogP contribution is -2.28. The Kier molecular flexibility index (Phi) is 7.20.